The lowest BCUT2D eigenvalue weighted by Gasteiger charge is -2.04. The monoisotopic (exact) mass is 354 g/mol. The van der Waals surface area contributed by atoms with Gasteiger partial charge in [0, 0.05) is 23.6 Å². The number of ketones is 1. The molecule has 0 saturated carbocycles. The molecule has 0 atom stereocenters. The number of rotatable bonds is 6. The molecule has 8 heteroatoms. The van der Waals surface area contributed by atoms with E-state index in [4.69, 9.17) is 0 Å². The van der Waals surface area contributed by atoms with E-state index >= 15 is 0 Å². The third kappa shape index (κ3) is 3.74. The van der Waals surface area contributed by atoms with Crippen LogP contribution in [0.15, 0.2) is 58.6 Å². The minimum atomic E-state index is -0.502. The molecule has 126 valence electrons. The van der Waals surface area contributed by atoms with Gasteiger partial charge in [-0.2, -0.15) is 0 Å². The molecule has 25 heavy (non-hydrogen) atoms. The van der Waals surface area contributed by atoms with E-state index < -0.39 is 4.92 Å². The van der Waals surface area contributed by atoms with Crippen molar-refractivity contribution in [2.75, 3.05) is 0 Å². The van der Waals surface area contributed by atoms with E-state index in [1.54, 1.807) is 42.5 Å². The Morgan fingerprint density at radius 2 is 1.96 bits per heavy atom. The molecule has 0 aliphatic heterocycles. The molecule has 0 unspecified atom stereocenters. The van der Waals surface area contributed by atoms with Crippen LogP contribution < -0.4 is 0 Å². The van der Waals surface area contributed by atoms with Crippen LogP contribution in [0, 0.1) is 10.1 Å². The number of nitro groups is 1. The molecule has 0 amide bonds. The Morgan fingerprint density at radius 3 is 2.60 bits per heavy atom. The zero-order chi connectivity index (χ0) is 17.8. The first-order valence-corrected chi connectivity index (χ1v) is 8.37. The maximum atomic E-state index is 12.5. The molecule has 0 saturated heterocycles. The van der Waals surface area contributed by atoms with E-state index in [2.05, 4.69) is 15.2 Å². The van der Waals surface area contributed by atoms with Crippen molar-refractivity contribution in [2.45, 2.75) is 23.4 Å². The minimum absolute atomic E-state index is 0.144. The fraction of sp³-hybridized carbons (Fsp3) is 0.118. The van der Waals surface area contributed by atoms with Gasteiger partial charge in [0.1, 0.15) is 5.82 Å². The molecule has 3 rings (SSSR count). The molecule has 0 aliphatic carbocycles. The fourth-order valence-electron chi connectivity index (χ4n) is 2.22. The lowest BCUT2D eigenvalue weighted by atomic mass is 10.0. The summed E-state index contributed by atoms with van der Waals surface area (Å²) in [4.78, 5) is 28.0. The number of aromatic nitrogens is 3. The normalized spacial score (nSPS) is 10.6. The zero-order valence-corrected chi connectivity index (χ0v) is 14.1. The van der Waals surface area contributed by atoms with Gasteiger partial charge in [-0.1, -0.05) is 37.3 Å². The summed E-state index contributed by atoms with van der Waals surface area (Å²) in [6, 6.07) is 13.1. The summed E-state index contributed by atoms with van der Waals surface area (Å²) in [5.41, 5.74) is 0.611. The summed E-state index contributed by atoms with van der Waals surface area (Å²) in [6.45, 7) is 1.93. The lowest BCUT2D eigenvalue weighted by molar-refractivity contribution is -0.387. The van der Waals surface area contributed by atoms with Gasteiger partial charge in [0.25, 0.3) is 5.69 Å². The summed E-state index contributed by atoms with van der Waals surface area (Å²) < 4.78 is 0. The van der Waals surface area contributed by atoms with E-state index in [1.165, 1.54) is 6.07 Å². The van der Waals surface area contributed by atoms with E-state index in [-0.39, 0.29) is 17.0 Å². The Kier molecular flexibility index (Phi) is 4.90. The second-order valence-corrected chi connectivity index (χ2v) is 6.16. The lowest BCUT2D eigenvalue weighted by Crippen LogP contribution is -2.02. The Bertz CT molecular complexity index is 925. The molecule has 7 nitrogen and oxygen atoms in total. The maximum Gasteiger partial charge on any atom is 0.284 e. The summed E-state index contributed by atoms with van der Waals surface area (Å²) in [5.74, 6) is 0.451. The van der Waals surface area contributed by atoms with Crippen molar-refractivity contribution in [3.63, 3.8) is 0 Å². The number of nitrogens with zero attached hydrogens (tertiary/aromatic N) is 3. The van der Waals surface area contributed by atoms with Gasteiger partial charge < -0.3 is 0 Å². The van der Waals surface area contributed by atoms with E-state index in [1.807, 2.05) is 6.92 Å². The number of carbonyl (C=O) groups excluding carboxylic acids is 1. The molecule has 1 N–H and O–H groups in total. The number of aromatic amines is 1. The van der Waals surface area contributed by atoms with Gasteiger partial charge in [-0.25, -0.2) is 4.98 Å². The van der Waals surface area contributed by atoms with E-state index in [0.29, 0.717) is 27.9 Å². The van der Waals surface area contributed by atoms with Crippen molar-refractivity contribution in [1.82, 2.24) is 15.2 Å². The smallest absolute Gasteiger partial charge is 0.284 e. The molecule has 0 fully saturated rings. The third-order valence-electron chi connectivity index (χ3n) is 3.50. The number of benzene rings is 2. The first kappa shape index (κ1) is 16.8. The van der Waals surface area contributed by atoms with Crippen LogP contribution in [-0.4, -0.2) is 25.9 Å². The summed E-state index contributed by atoms with van der Waals surface area (Å²) in [6.07, 6.45) is 0.695. The Balaban J connectivity index is 1.93. The van der Waals surface area contributed by atoms with Crippen LogP contribution in [0.5, 0.6) is 0 Å². The van der Waals surface area contributed by atoms with Crippen LogP contribution in [0.3, 0.4) is 0 Å². The topological polar surface area (TPSA) is 102 Å². The number of nitrogens with one attached hydrogen (secondary N) is 1. The molecule has 3 aromatic rings. The fourth-order valence-corrected chi connectivity index (χ4v) is 3.04. The van der Waals surface area contributed by atoms with Crippen molar-refractivity contribution < 1.29 is 9.72 Å². The molecule has 2 aromatic carbocycles. The number of hydrogen-bond acceptors (Lipinski definition) is 6. The quantitative estimate of drug-likeness (QED) is 0.412. The molecule has 0 bridgehead atoms. The maximum absolute atomic E-state index is 12.5. The predicted molar refractivity (Wildman–Crippen MR) is 92.9 cm³/mol. The Hall–Kier alpha value is -3.00. The Labute approximate surface area is 147 Å². The minimum Gasteiger partial charge on any atom is -0.289 e. The first-order valence-electron chi connectivity index (χ1n) is 7.55. The SMILES string of the molecule is CCc1nc(Sc2ccc(C(=O)c3ccccc3)cc2[N+](=O)[O-])n[nH]1. The van der Waals surface area contributed by atoms with Gasteiger partial charge in [0.15, 0.2) is 5.78 Å². The van der Waals surface area contributed by atoms with Crippen molar-refractivity contribution in [2.24, 2.45) is 0 Å². The second-order valence-electron chi connectivity index (χ2n) is 5.16. The highest BCUT2D eigenvalue weighted by molar-refractivity contribution is 7.99. The van der Waals surface area contributed by atoms with E-state index in [0.717, 1.165) is 11.8 Å². The van der Waals surface area contributed by atoms with Crippen LogP contribution in [-0.2, 0) is 6.42 Å². The van der Waals surface area contributed by atoms with Gasteiger partial charge in [-0.15, -0.1) is 5.10 Å². The van der Waals surface area contributed by atoms with Gasteiger partial charge in [-0.05, 0) is 23.9 Å². The van der Waals surface area contributed by atoms with Gasteiger partial charge in [0.2, 0.25) is 5.16 Å². The molecular weight excluding hydrogens is 340 g/mol. The van der Waals surface area contributed by atoms with Crippen LogP contribution in [0.2, 0.25) is 0 Å². The largest absolute Gasteiger partial charge is 0.289 e. The highest BCUT2D eigenvalue weighted by Gasteiger charge is 2.20. The molecule has 0 radical (unpaired) electrons. The van der Waals surface area contributed by atoms with Crippen LogP contribution in [0.25, 0.3) is 0 Å². The number of H-pyrrole nitrogens is 1. The molecule has 0 aliphatic rings. The van der Waals surface area contributed by atoms with Crippen molar-refractivity contribution in [1.29, 1.82) is 0 Å². The van der Waals surface area contributed by atoms with Crippen molar-refractivity contribution in [3.05, 3.63) is 75.6 Å². The Morgan fingerprint density at radius 1 is 1.20 bits per heavy atom. The zero-order valence-electron chi connectivity index (χ0n) is 13.3. The second kappa shape index (κ2) is 7.27. The van der Waals surface area contributed by atoms with Crippen LogP contribution in [0.4, 0.5) is 5.69 Å². The van der Waals surface area contributed by atoms with Crippen LogP contribution >= 0.6 is 11.8 Å². The number of nitro benzene ring substituents is 1. The third-order valence-corrected chi connectivity index (χ3v) is 4.43. The van der Waals surface area contributed by atoms with Gasteiger partial charge in [0.05, 0.1) is 9.82 Å². The molecular formula is C17H14N4O3S. The molecule has 1 aromatic heterocycles. The highest BCUT2D eigenvalue weighted by atomic mass is 32.2. The molecule has 0 spiro atoms. The predicted octanol–water partition coefficient (Wildman–Crippen LogP) is 3.66. The summed E-state index contributed by atoms with van der Waals surface area (Å²) in [5, 5.41) is 18.6. The number of hydrogen-bond donors (Lipinski definition) is 1. The number of carbonyl (C=O) groups is 1. The van der Waals surface area contributed by atoms with Crippen molar-refractivity contribution in [3.8, 4) is 0 Å². The highest BCUT2D eigenvalue weighted by Crippen LogP contribution is 2.34. The van der Waals surface area contributed by atoms with Crippen LogP contribution in [0.1, 0.15) is 28.7 Å². The average molecular weight is 354 g/mol. The van der Waals surface area contributed by atoms with Gasteiger partial charge >= 0.3 is 0 Å². The summed E-state index contributed by atoms with van der Waals surface area (Å²) in [7, 11) is 0. The molecule has 1 heterocycles. The standard InChI is InChI=1S/C17H14N4O3S/c1-2-15-18-17(20-19-15)25-14-9-8-12(10-13(14)21(23)24)16(22)11-6-4-3-5-7-11/h3-10H,2H2,1H3,(H,18,19,20). The van der Waals surface area contributed by atoms with E-state index in [9.17, 15) is 14.9 Å². The first-order chi connectivity index (χ1) is 12.1. The number of aryl methyl sites for hydroxylation is 1. The average Bonchev–Trinajstić information content (AvgIpc) is 3.09. The van der Waals surface area contributed by atoms with Gasteiger partial charge in [-0.3, -0.25) is 20.0 Å². The summed E-state index contributed by atoms with van der Waals surface area (Å²) >= 11 is 1.09. The van der Waals surface area contributed by atoms with Crippen molar-refractivity contribution >= 4 is 23.2 Å².